The maximum atomic E-state index is 10.8. The second kappa shape index (κ2) is 17.0. The van der Waals surface area contributed by atoms with E-state index in [0.29, 0.717) is 6.42 Å². The lowest BCUT2D eigenvalue weighted by molar-refractivity contribution is 0.0796. The molecule has 3 heteroatoms. The summed E-state index contributed by atoms with van der Waals surface area (Å²) in [6.07, 6.45) is 18.0. The molecule has 0 heterocycles. The van der Waals surface area contributed by atoms with Crippen LogP contribution in [0.3, 0.4) is 0 Å². The van der Waals surface area contributed by atoms with Crippen molar-refractivity contribution in [1.29, 1.82) is 0 Å². The highest BCUT2D eigenvalue weighted by Crippen LogP contribution is 2.16. The van der Waals surface area contributed by atoms with E-state index in [-0.39, 0.29) is 12.5 Å². The van der Waals surface area contributed by atoms with Crippen LogP contribution in [0.15, 0.2) is 0 Å². The molecular weight excluding hydrogens is 276 g/mol. The van der Waals surface area contributed by atoms with Crippen LogP contribution < -0.4 is 0 Å². The minimum atomic E-state index is -0.774. The maximum Gasteiger partial charge on any atom is 0.201 e. The maximum absolute atomic E-state index is 10.8. The Balaban J connectivity index is 3.26. The smallest absolute Gasteiger partial charge is 0.201 e. The number of aliphatic hydroxyl groups is 2. The molecule has 0 aromatic heterocycles. The Morgan fingerprint density at radius 3 is 1.68 bits per heavy atom. The van der Waals surface area contributed by atoms with E-state index in [1.807, 2.05) is 6.29 Å². The lowest BCUT2D eigenvalue weighted by atomic mass is 9.96. The molecule has 0 fully saturated rings. The fraction of sp³-hybridized carbons (Fsp3) is 0.947. The summed E-state index contributed by atoms with van der Waals surface area (Å²) in [5.41, 5.74) is 0. The average Bonchev–Trinajstić information content (AvgIpc) is 2.54. The van der Waals surface area contributed by atoms with Gasteiger partial charge in [0.1, 0.15) is 0 Å². The summed E-state index contributed by atoms with van der Waals surface area (Å²) in [5, 5.41) is 18.1. The van der Waals surface area contributed by atoms with Crippen molar-refractivity contribution >= 4 is 6.29 Å². The van der Waals surface area contributed by atoms with Crippen molar-refractivity contribution in [3.63, 3.8) is 0 Å². The van der Waals surface area contributed by atoms with E-state index in [2.05, 4.69) is 6.92 Å². The summed E-state index contributed by atoms with van der Waals surface area (Å²) >= 11 is 0. The molecule has 3 nitrogen and oxygen atoms in total. The van der Waals surface area contributed by atoms with Crippen molar-refractivity contribution in [3.05, 3.63) is 0 Å². The molecule has 0 bridgehead atoms. The van der Waals surface area contributed by atoms with Gasteiger partial charge >= 0.3 is 0 Å². The van der Waals surface area contributed by atoms with Crippen molar-refractivity contribution in [2.45, 2.75) is 103 Å². The summed E-state index contributed by atoms with van der Waals surface area (Å²) in [6, 6.07) is 0. The minimum Gasteiger partial charge on any atom is -0.394 e. The highest BCUT2D eigenvalue weighted by atomic mass is 16.3. The standard InChI is InChI=1S/C19H37O3/c1-2-3-4-5-6-7-8-9-10-11-12-13-14-18(16-20)15-19(22)17-21/h18-19,21-22H,2-15,17H2,1H3. The van der Waals surface area contributed by atoms with Gasteiger partial charge in [-0.3, -0.25) is 4.79 Å². The Morgan fingerprint density at radius 1 is 0.818 bits per heavy atom. The van der Waals surface area contributed by atoms with Gasteiger partial charge in [-0.1, -0.05) is 84.0 Å². The first kappa shape index (κ1) is 21.6. The number of unbranched alkanes of at least 4 members (excludes halogenated alkanes) is 11. The first-order valence-electron chi connectivity index (χ1n) is 9.41. The van der Waals surface area contributed by atoms with Crippen LogP contribution in [0.1, 0.15) is 96.8 Å². The number of aliphatic hydroxyl groups excluding tert-OH is 2. The van der Waals surface area contributed by atoms with Crippen LogP contribution in [0.4, 0.5) is 0 Å². The summed E-state index contributed by atoms with van der Waals surface area (Å²) in [6.45, 7) is 1.99. The quantitative estimate of drug-likeness (QED) is 0.387. The van der Waals surface area contributed by atoms with Gasteiger partial charge in [-0.05, 0) is 12.8 Å². The normalized spacial score (nSPS) is 14.0. The van der Waals surface area contributed by atoms with Gasteiger partial charge in [-0.25, -0.2) is 0 Å². The molecule has 0 saturated carbocycles. The van der Waals surface area contributed by atoms with Crippen molar-refractivity contribution in [3.8, 4) is 0 Å². The van der Waals surface area contributed by atoms with Crippen molar-refractivity contribution in [2.75, 3.05) is 6.61 Å². The predicted octanol–water partition coefficient (Wildman–Crippen LogP) is 4.55. The van der Waals surface area contributed by atoms with Gasteiger partial charge in [0.25, 0.3) is 0 Å². The number of hydrogen-bond acceptors (Lipinski definition) is 3. The highest BCUT2D eigenvalue weighted by molar-refractivity contribution is 5.54. The Bertz CT molecular complexity index is 231. The number of rotatable bonds is 17. The molecule has 0 saturated heterocycles. The fourth-order valence-electron chi connectivity index (χ4n) is 2.86. The predicted molar refractivity (Wildman–Crippen MR) is 92.6 cm³/mol. The molecule has 2 atom stereocenters. The monoisotopic (exact) mass is 313 g/mol. The molecular formula is C19H37O3. The summed E-state index contributed by atoms with van der Waals surface area (Å²) in [5.74, 6) is -0.217. The van der Waals surface area contributed by atoms with Crippen molar-refractivity contribution in [2.24, 2.45) is 5.92 Å². The zero-order valence-electron chi connectivity index (χ0n) is 14.6. The van der Waals surface area contributed by atoms with E-state index in [1.165, 1.54) is 64.2 Å². The van der Waals surface area contributed by atoms with Gasteiger partial charge in [0.15, 0.2) is 0 Å². The molecule has 1 radical (unpaired) electrons. The highest BCUT2D eigenvalue weighted by Gasteiger charge is 2.13. The molecule has 0 aliphatic rings. The van der Waals surface area contributed by atoms with Crippen molar-refractivity contribution < 1.29 is 15.0 Å². The third-order valence-corrected chi connectivity index (χ3v) is 4.34. The summed E-state index contributed by atoms with van der Waals surface area (Å²) in [7, 11) is 0. The zero-order chi connectivity index (χ0) is 16.5. The molecule has 2 N–H and O–H groups in total. The lowest BCUT2D eigenvalue weighted by Gasteiger charge is -2.12. The van der Waals surface area contributed by atoms with Gasteiger partial charge in [0, 0.05) is 5.92 Å². The number of carbonyl (C=O) groups excluding carboxylic acids is 1. The summed E-state index contributed by atoms with van der Waals surface area (Å²) in [4.78, 5) is 10.8. The van der Waals surface area contributed by atoms with Crippen LogP contribution in [0.2, 0.25) is 0 Å². The third kappa shape index (κ3) is 14.5. The molecule has 0 spiro atoms. The van der Waals surface area contributed by atoms with Crippen LogP contribution in [-0.4, -0.2) is 29.2 Å². The Kier molecular flexibility index (Phi) is 16.6. The third-order valence-electron chi connectivity index (χ3n) is 4.34. The van der Waals surface area contributed by atoms with Crippen LogP contribution in [0, 0.1) is 5.92 Å². The molecule has 0 aliphatic carbocycles. The zero-order valence-corrected chi connectivity index (χ0v) is 14.6. The minimum absolute atomic E-state index is 0.217. The Labute approximate surface area is 137 Å². The molecule has 0 rings (SSSR count). The largest absolute Gasteiger partial charge is 0.394 e. The van der Waals surface area contributed by atoms with Gasteiger partial charge in [-0.15, -0.1) is 0 Å². The van der Waals surface area contributed by atoms with E-state index in [0.717, 1.165) is 19.3 Å². The Morgan fingerprint density at radius 2 is 1.27 bits per heavy atom. The van der Waals surface area contributed by atoms with Gasteiger partial charge < -0.3 is 10.2 Å². The SMILES string of the molecule is CCCCCCCCCCCCCCC([C]=O)CC(O)CO. The van der Waals surface area contributed by atoms with E-state index >= 15 is 0 Å². The van der Waals surface area contributed by atoms with Crippen molar-refractivity contribution in [1.82, 2.24) is 0 Å². The second-order valence-electron chi connectivity index (χ2n) is 6.56. The Hall–Kier alpha value is -0.410. The van der Waals surface area contributed by atoms with E-state index in [9.17, 15) is 9.90 Å². The second-order valence-corrected chi connectivity index (χ2v) is 6.56. The summed E-state index contributed by atoms with van der Waals surface area (Å²) < 4.78 is 0. The van der Waals surface area contributed by atoms with Crippen LogP contribution in [0.5, 0.6) is 0 Å². The first-order chi connectivity index (χ1) is 10.7. The molecule has 0 aromatic carbocycles. The van der Waals surface area contributed by atoms with Gasteiger partial charge in [0.2, 0.25) is 6.29 Å². The molecule has 0 aromatic rings. The number of hydrogen-bond donors (Lipinski definition) is 2. The van der Waals surface area contributed by atoms with E-state index in [4.69, 9.17) is 5.11 Å². The lowest BCUT2D eigenvalue weighted by Crippen LogP contribution is -2.18. The molecule has 0 aliphatic heterocycles. The van der Waals surface area contributed by atoms with Gasteiger partial charge in [-0.2, -0.15) is 0 Å². The van der Waals surface area contributed by atoms with Crippen LogP contribution >= 0.6 is 0 Å². The van der Waals surface area contributed by atoms with Crippen LogP contribution in [0.25, 0.3) is 0 Å². The topological polar surface area (TPSA) is 57.5 Å². The van der Waals surface area contributed by atoms with E-state index < -0.39 is 6.10 Å². The fourth-order valence-corrected chi connectivity index (χ4v) is 2.86. The molecule has 131 valence electrons. The molecule has 0 amide bonds. The molecule has 22 heavy (non-hydrogen) atoms. The van der Waals surface area contributed by atoms with Gasteiger partial charge in [0.05, 0.1) is 12.7 Å². The average molecular weight is 314 g/mol. The molecule has 2 unspecified atom stereocenters. The van der Waals surface area contributed by atoms with Crippen LogP contribution in [-0.2, 0) is 4.79 Å². The van der Waals surface area contributed by atoms with E-state index in [1.54, 1.807) is 0 Å². The first-order valence-corrected chi connectivity index (χ1v) is 9.41.